The highest BCUT2D eigenvalue weighted by Crippen LogP contribution is 2.54. The highest BCUT2D eigenvalue weighted by molar-refractivity contribution is 5.86. The van der Waals surface area contributed by atoms with Crippen LogP contribution < -0.4 is 9.47 Å². The van der Waals surface area contributed by atoms with Gasteiger partial charge in [-0.1, -0.05) is 0 Å². The molecule has 1 aliphatic carbocycles. The second-order valence-corrected chi connectivity index (χ2v) is 5.32. The van der Waals surface area contributed by atoms with Gasteiger partial charge in [0, 0.05) is 17.2 Å². The molecule has 0 saturated heterocycles. The number of aryl methyl sites for hydroxylation is 2. The van der Waals surface area contributed by atoms with E-state index < -0.39 is 6.29 Å². The van der Waals surface area contributed by atoms with Gasteiger partial charge in [0.05, 0.1) is 12.7 Å². The minimum Gasteiger partial charge on any atom is -0.508 e. The van der Waals surface area contributed by atoms with E-state index in [2.05, 4.69) is 0 Å². The Morgan fingerprint density at radius 3 is 2.52 bits per heavy atom. The monoisotopic (exact) mass is 286 g/mol. The summed E-state index contributed by atoms with van der Waals surface area (Å²) in [5.74, 6) is 0.805. The Kier molecular flexibility index (Phi) is 2.38. The molecule has 5 nitrogen and oxygen atoms in total. The lowest BCUT2D eigenvalue weighted by molar-refractivity contribution is -0.0234. The Labute approximate surface area is 121 Å². The number of phenols is 2. The molecule has 2 aromatic rings. The summed E-state index contributed by atoms with van der Waals surface area (Å²) in [6, 6.07) is 4.89. The van der Waals surface area contributed by atoms with Crippen LogP contribution in [0.15, 0.2) is 18.2 Å². The van der Waals surface area contributed by atoms with Crippen LogP contribution in [-0.2, 0) is 12.8 Å². The lowest BCUT2D eigenvalue weighted by Crippen LogP contribution is -2.19. The molecular weight excluding hydrogens is 272 g/mol. The average molecular weight is 286 g/mol. The summed E-state index contributed by atoms with van der Waals surface area (Å²) in [6.07, 6.45) is 0.234. The topological polar surface area (TPSA) is 79.2 Å². The lowest BCUT2D eigenvalue weighted by atomic mass is 9.80. The molecule has 2 aromatic carbocycles. The fraction of sp³-hybridized carbons (Fsp3) is 0.250. The van der Waals surface area contributed by atoms with Gasteiger partial charge in [-0.3, -0.25) is 0 Å². The zero-order valence-corrected chi connectivity index (χ0v) is 11.4. The maximum Gasteiger partial charge on any atom is 0.228 e. The summed E-state index contributed by atoms with van der Waals surface area (Å²) in [7, 11) is 1.45. The molecule has 4 rings (SSSR count). The Balaban J connectivity index is 2.13. The Morgan fingerprint density at radius 1 is 1.10 bits per heavy atom. The van der Waals surface area contributed by atoms with Crippen molar-refractivity contribution in [1.29, 1.82) is 0 Å². The largest absolute Gasteiger partial charge is 0.508 e. The molecular formula is C16H14O5. The molecule has 0 spiro atoms. The molecule has 1 heterocycles. The fourth-order valence-corrected chi connectivity index (χ4v) is 3.35. The Morgan fingerprint density at radius 2 is 1.81 bits per heavy atom. The van der Waals surface area contributed by atoms with Gasteiger partial charge in [0.25, 0.3) is 0 Å². The van der Waals surface area contributed by atoms with Gasteiger partial charge in [0.1, 0.15) is 11.5 Å². The third kappa shape index (κ3) is 1.55. The van der Waals surface area contributed by atoms with Crippen LogP contribution in [0.2, 0.25) is 0 Å². The number of hydrogen-bond acceptors (Lipinski definition) is 5. The van der Waals surface area contributed by atoms with Gasteiger partial charge >= 0.3 is 0 Å². The minimum atomic E-state index is -1.24. The van der Waals surface area contributed by atoms with Crippen LogP contribution >= 0.6 is 0 Å². The van der Waals surface area contributed by atoms with Gasteiger partial charge in [-0.25, -0.2) is 0 Å². The number of aromatic hydroxyl groups is 2. The second-order valence-electron chi connectivity index (χ2n) is 5.32. The molecule has 2 aliphatic rings. The molecule has 0 unspecified atom stereocenters. The van der Waals surface area contributed by atoms with E-state index in [1.807, 2.05) is 0 Å². The zero-order chi connectivity index (χ0) is 14.7. The summed E-state index contributed by atoms with van der Waals surface area (Å²) in [4.78, 5) is 0. The van der Waals surface area contributed by atoms with E-state index in [4.69, 9.17) is 9.47 Å². The molecule has 1 aliphatic heterocycles. The normalized spacial score (nSPS) is 17.9. The van der Waals surface area contributed by atoms with Gasteiger partial charge in [-0.2, -0.15) is 0 Å². The zero-order valence-electron chi connectivity index (χ0n) is 11.4. The van der Waals surface area contributed by atoms with Crippen molar-refractivity contribution in [3.63, 3.8) is 0 Å². The van der Waals surface area contributed by atoms with Gasteiger partial charge < -0.3 is 24.8 Å². The third-order valence-corrected chi connectivity index (χ3v) is 4.15. The van der Waals surface area contributed by atoms with Crippen molar-refractivity contribution < 1.29 is 24.8 Å². The van der Waals surface area contributed by atoms with Gasteiger partial charge in [0.15, 0.2) is 11.5 Å². The Hall–Kier alpha value is -2.40. The van der Waals surface area contributed by atoms with Gasteiger partial charge in [-0.15, -0.1) is 0 Å². The number of methoxy groups -OCH3 is 1. The maximum absolute atomic E-state index is 10.3. The predicted octanol–water partition coefficient (Wildman–Crippen LogP) is 2.26. The van der Waals surface area contributed by atoms with Crippen LogP contribution in [-0.4, -0.2) is 22.4 Å². The number of aliphatic hydroxyl groups excluding tert-OH is 1. The molecule has 21 heavy (non-hydrogen) atoms. The fourth-order valence-electron chi connectivity index (χ4n) is 3.35. The third-order valence-electron chi connectivity index (χ3n) is 4.15. The van der Waals surface area contributed by atoms with Crippen molar-refractivity contribution >= 4 is 0 Å². The van der Waals surface area contributed by atoms with E-state index >= 15 is 0 Å². The quantitative estimate of drug-likeness (QED) is 0.749. The summed E-state index contributed by atoms with van der Waals surface area (Å²) < 4.78 is 10.7. The van der Waals surface area contributed by atoms with Crippen LogP contribution in [0.4, 0.5) is 0 Å². The van der Waals surface area contributed by atoms with Crippen molar-refractivity contribution in [3.8, 4) is 34.1 Å². The van der Waals surface area contributed by atoms with Crippen LogP contribution in [0.25, 0.3) is 11.1 Å². The molecule has 0 amide bonds. The van der Waals surface area contributed by atoms with Crippen LogP contribution in [0, 0.1) is 0 Å². The van der Waals surface area contributed by atoms with E-state index in [9.17, 15) is 15.3 Å². The first kappa shape index (κ1) is 12.3. The van der Waals surface area contributed by atoms with E-state index in [0.717, 1.165) is 35.1 Å². The smallest absolute Gasteiger partial charge is 0.228 e. The van der Waals surface area contributed by atoms with E-state index in [1.165, 1.54) is 13.2 Å². The molecule has 3 N–H and O–H groups in total. The van der Waals surface area contributed by atoms with Crippen molar-refractivity contribution in [1.82, 2.24) is 0 Å². The van der Waals surface area contributed by atoms with E-state index in [1.54, 1.807) is 12.1 Å². The number of hydrogen-bond donors (Lipinski definition) is 3. The summed E-state index contributed by atoms with van der Waals surface area (Å²) in [6.45, 7) is 0. The highest BCUT2D eigenvalue weighted by Gasteiger charge is 2.35. The Bertz CT molecular complexity index is 766. The van der Waals surface area contributed by atoms with E-state index in [0.29, 0.717) is 11.3 Å². The number of benzene rings is 2. The van der Waals surface area contributed by atoms with Crippen LogP contribution in [0.1, 0.15) is 23.0 Å². The first-order chi connectivity index (χ1) is 10.1. The number of ether oxygens (including phenoxy) is 2. The van der Waals surface area contributed by atoms with Crippen molar-refractivity contribution in [2.75, 3.05) is 7.11 Å². The van der Waals surface area contributed by atoms with Crippen LogP contribution in [0.3, 0.4) is 0 Å². The first-order valence-corrected chi connectivity index (χ1v) is 6.74. The van der Waals surface area contributed by atoms with E-state index in [-0.39, 0.29) is 17.2 Å². The van der Waals surface area contributed by atoms with Gasteiger partial charge in [0.2, 0.25) is 6.29 Å². The maximum atomic E-state index is 10.3. The average Bonchev–Trinajstić information content (AvgIpc) is 2.44. The molecule has 0 aromatic heterocycles. The number of rotatable bonds is 1. The lowest BCUT2D eigenvalue weighted by Gasteiger charge is -2.33. The second kappa shape index (κ2) is 4.05. The number of phenolic OH excluding ortho intramolecular Hbond substituents is 2. The summed E-state index contributed by atoms with van der Waals surface area (Å²) in [5.41, 5.74) is 4.09. The SMILES string of the molecule is COc1c(O)cc2c3c1[C@@H](O)Oc1cc(O)cc(c1-3)CC2. The molecule has 0 radical (unpaired) electrons. The summed E-state index contributed by atoms with van der Waals surface area (Å²) >= 11 is 0. The molecule has 0 saturated carbocycles. The molecule has 0 fully saturated rings. The molecule has 108 valence electrons. The van der Waals surface area contributed by atoms with Crippen molar-refractivity contribution in [3.05, 3.63) is 34.9 Å². The van der Waals surface area contributed by atoms with Crippen molar-refractivity contribution in [2.45, 2.75) is 19.1 Å². The van der Waals surface area contributed by atoms with Crippen molar-refractivity contribution in [2.24, 2.45) is 0 Å². The number of aliphatic hydroxyl groups is 1. The predicted molar refractivity (Wildman–Crippen MR) is 74.8 cm³/mol. The van der Waals surface area contributed by atoms with Gasteiger partial charge in [-0.05, 0) is 36.1 Å². The van der Waals surface area contributed by atoms with Crippen LogP contribution in [0.5, 0.6) is 23.0 Å². The summed E-state index contributed by atoms with van der Waals surface area (Å²) in [5, 5.41) is 30.1. The highest BCUT2D eigenvalue weighted by atomic mass is 16.6. The minimum absolute atomic E-state index is 0.000390. The first-order valence-electron chi connectivity index (χ1n) is 6.74. The molecule has 1 atom stereocenters. The standard InChI is InChI=1S/C16H14O5/c1-20-15-10(18)5-8-3-2-7-4-9(17)6-11-12(7)13(8)14(15)16(19)21-11/h4-6,16-19H,2-3H2,1H3/t16-/m0/s1. The molecule has 0 bridgehead atoms. The molecule has 5 heteroatoms.